The highest BCUT2D eigenvalue weighted by Gasteiger charge is 2.31. The number of fused-ring (bicyclic) bond motifs is 1. The molecule has 1 fully saturated rings. The molecule has 1 saturated heterocycles. The topological polar surface area (TPSA) is 115 Å². The van der Waals surface area contributed by atoms with Crippen LogP contribution in [0.5, 0.6) is 0 Å². The average molecular weight is 401 g/mol. The SMILES string of the molecule is O=C(O)[C@H]1CCCN(S(=O)(=O)NCCCc2nc3ccc(Cl)cc3[nH]2)C1. The van der Waals surface area contributed by atoms with E-state index in [-0.39, 0.29) is 13.1 Å². The first-order valence-corrected chi connectivity index (χ1v) is 10.3. The van der Waals surface area contributed by atoms with Gasteiger partial charge in [-0.15, -0.1) is 0 Å². The molecule has 0 spiro atoms. The van der Waals surface area contributed by atoms with Crippen LogP contribution in [-0.2, 0) is 21.4 Å². The third-order valence-electron chi connectivity index (χ3n) is 4.44. The maximum Gasteiger partial charge on any atom is 0.307 e. The molecule has 2 aromatic rings. The van der Waals surface area contributed by atoms with Gasteiger partial charge in [0, 0.05) is 31.1 Å². The molecular formula is C16H21ClN4O4S. The Morgan fingerprint density at radius 2 is 2.27 bits per heavy atom. The summed E-state index contributed by atoms with van der Waals surface area (Å²) in [6.07, 6.45) is 2.23. The second kappa shape index (κ2) is 7.91. The molecule has 26 heavy (non-hydrogen) atoms. The van der Waals surface area contributed by atoms with Crippen LogP contribution in [0.1, 0.15) is 25.1 Å². The number of H-pyrrole nitrogens is 1. The zero-order chi connectivity index (χ0) is 18.7. The van der Waals surface area contributed by atoms with Crippen LogP contribution in [0, 0.1) is 5.92 Å². The van der Waals surface area contributed by atoms with Crippen LogP contribution in [0.15, 0.2) is 18.2 Å². The van der Waals surface area contributed by atoms with E-state index in [4.69, 9.17) is 16.7 Å². The van der Waals surface area contributed by atoms with Crippen molar-refractivity contribution in [3.63, 3.8) is 0 Å². The van der Waals surface area contributed by atoms with Crippen molar-refractivity contribution in [2.45, 2.75) is 25.7 Å². The predicted octanol–water partition coefficient (Wildman–Crippen LogP) is 1.78. The number of nitrogens with one attached hydrogen (secondary N) is 2. The van der Waals surface area contributed by atoms with Crippen LogP contribution in [-0.4, -0.2) is 53.4 Å². The number of benzene rings is 1. The van der Waals surface area contributed by atoms with Crippen LogP contribution in [0.2, 0.25) is 5.02 Å². The summed E-state index contributed by atoms with van der Waals surface area (Å²) in [6, 6.07) is 5.40. The van der Waals surface area contributed by atoms with Gasteiger partial charge >= 0.3 is 5.97 Å². The largest absolute Gasteiger partial charge is 0.481 e. The molecule has 142 valence electrons. The van der Waals surface area contributed by atoms with E-state index in [2.05, 4.69) is 14.7 Å². The molecule has 8 nitrogen and oxygen atoms in total. The molecule has 10 heteroatoms. The quantitative estimate of drug-likeness (QED) is 0.613. The number of imidazole rings is 1. The number of carboxylic acids is 1. The second-order valence-corrected chi connectivity index (χ2v) is 8.57. The Morgan fingerprint density at radius 3 is 3.04 bits per heavy atom. The van der Waals surface area contributed by atoms with Crippen molar-refractivity contribution < 1.29 is 18.3 Å². The van der Waals surface area contributed by atoms with Crippen molar-refractivity contribution >= 4 is 38.8 Å². The van der Waals surface area contributed by atoms with Crippen LogP contribution >= 0.6 is 11.6 Å². The Morgan fingerprint density at radius 1 is 1.46 bits per heavy atom. The third kappa shape index (κ3) is 4.53. The number of piperidine rings is 1. The summed E-state index contributed by atoms with van der Waals surface area (Å²) in [6.45, 7) is 0.632. The minimum absolute atomic E-state index is 0.0228. The van der Waals surface area contributed by atoms with Crippen LogP contribution in [0.25, 0.3) is 11.0 Å². The molecule has 0 amide bonds. The molecule has 2 heterocycles. The molecule has 0 unspecified atom stereocenters. The number of aromatic nitrogens is 2. The molecule has 0 bridgehead atoms. The maximum atomic E-state index is 12.3. The Hall–Kier alpha value is -1.68. The standard InChI is InChI=1S/C16H21ClN4O4S/c17-12-5-6-13-14(9-12)20-15(19-13)4-1-7-18-26(24,25)21-8-2-3-11(10-21)16(22)23/h5-6,9,11,18H,1-4,7-8,10H2,(H,19,20)(H,22,23)/t11-/m0/s1. The van der Waals surface area contributed by atoms with E-state index < -0.39 is 22.1 Å². The molecule has 3 rings (SSSR count). The Labute approximate surface area is 156 Å². The molecule has 1 aromatic heterocycles. The average Bonchev–Trinajstić information content (AvgIpc) is 3.00. The number of carboxylic acid groups (broad SMARTS) is 1. The Kier molecular flexibility index (Phi) is 5.81. The van der Waals surface area contributed by atoms with Crippen molar-refractivity contribution in [1.29, 1.82) is 0 Å². The smallest absolute Gasteiger partial charge is 0.307 e. The highest BCUT2D eigenvalue weighted by Crippen LogP contribution is 2.19. The van der Waals surface area contributed by atoms with Gasteiger partial charge in [0.1, 0.15) is 5.82 Å². The first-order valence-electron chi connectivity index (χ1n) is 8.47. The first-order chi connectivity index (χ1) is 12.3. The van der Waals surface area contributed by atoms with E-state index in [0.717, 1.165) is 16.9 Å². The van der Waals surface area contributed by atoms with Crippen molar-refractivity contribution in [2.24, 2.45) is 5.92 Å². The van der Waals surface area contributed by atoms with Gasteiger partial charge in [-0.1, -0.05) is 11.6 Å². The van der Waals surface area contributed by atoms with Gasteiger partial charge in [0.05, 0.1) is 17.0 Å². The lowest BCUT2D eigenvalue weighted by Crippen LogP contribution is -2.47. The molecule has 1 aromatic carbocycles. The molecular weight excluding hydrogens is 380 g/mol. The van der Waals surface area contributed by atoms with Gasteiger partial charge in [0.2, 0.25) is 0 Å². The highest BCUT2D eigenvalue weighted by molar-refractivity contribution is 7.87. The maximum absolute atomic E-state index is 12.3. The van der Waals surface area contributed by atoms with Gasteiger partial charge in [-0.3, -0.25) is 4.79 Å². The number of aryl methyl sites for hydroxylation is 1. The van der Waals surface area contributed by atoms with Crippen LogP contribution < -0.4 is 4.72 Å². The lowest BCUT2D eigenvalue weighted by molar-refractivity contribution is -0.142. The van der Waals surface area contributed by atoms with E-state index in [9.17, 15) is 13.2 Å². The molecule has 0 saturated carbocycles. The molecule has 1 aliphatic heterocycles. The van der Waals surface area contributed by atoms with E-state index in [1.807, 2.05) is 6.07 Å². The normalized spacial score (nSPS) is 19.0. The zero-order valence-corrected chi connectivity index (χ0v) is 15.7. The Balaban J connectivity index is 1.51. The number of hydrogen-bond donors (Lipinski definition) is 3. The molecule has 0 aliphatic carbocycles. The van der Waals surface area contributed by atoms with E-state index in [1.165, 1.54) is 4.31 Å². The number of halogens is 1. The van der Waals surface area contributed by atoms with Crippen LogP contribution in [0.3, 0.4) is 0 Å². The van der Waals surface area contributed by atoms with Crippen molar-refractivity contribution in [3.05, 3.63) is 29.0 Å². The number of aromatic amines is 1. The van der Waals surface area contributed by atoms with Gasteiger partial charge in [-0.05, 0) is 37.5 Å². The van der Waals surface area contributed by atoms with Crippen molar-refractivity contribution in [3.8, 4) is 0 Å². The summed E-state index contributed by atoms with van der Waals surface area (Å²) >= 11 is 5.94. The number of nitrogens with zero attached hydrogens (tertiary/aromatic N) is 2. The van der Waals surface area contributed by atoms with Crippen LogP contribution in [0.4, 0.5) is 0 Å². The van der Waals surface area contributed by atoms with Crippen molar-refractivity contribution in [1.82, 2.24) is 19.0 Å². The molecule has 3 N–H and O–H groups in total. The zero-order valence-electron chi connectivity index (χ0n) is 14.1. The summed E-state index contributed by atoms with van der Waals surface area (Å²) in [4.78, 5) is 18.7. The third-order valence-corrected chi connectivity index (χ3v) is 6.26. The number of rotatable bonds is 7. The first kappa shape index (κ1) is 19.1. The number of hydrogen-bond acceptors (Lipinski definition) is 4. The fourth-order valence-electron chi connectivity index (χ4n) is 3.06. The van der Waals surface area contributed by atoms with E-state index in [1.54, 1.807) is 12.1 Å². The molecule has 1 aliphatic rings. The van der Waals surface area contributed by atoms with Gasteiger partial charge < -0.3 is 10.1 Å². The monoisotopic (exact) mass is 400 g/mol. The number of carbonyl (C=O) groups is 1. The molecule has 1 atom stereocenters. The molecule has 0 radical (unpaired) electrons. The fourth-order valence-corrected chi connectivity index (χ4v) is 4.57. The predicted molar refractivity (Wildman–Crippen MR) is 98.3 cm³/mol. The van der Waals surface area contributed by atoms with Gasteiger partial charge in [-0.25, -0.2) is 9.71 Å². The minimum atomic E-state index is -3.66. The minimum Gasteiger partial charge on any atom is -0.481 e. The Bertz CT molecular complexity index is 899. The van der Waals surface area contributed by atoms with Crippen molar-refractivity contribution in [2.75, 3.05) is 19.6 Å². The summed E-state index contributed by atoms with van der Waals surface area (Å²) in [5.74, 6) is -0.817. The fraction of sp³-hybridized carbons (Fsp3) is 0.500. The van der Waals surface area contributed by atoms with E-state index >= 15 is 0 Å². The lowest BCUT2D eigenvalue weighted by atomic mass is 10.0. The summed E-state index contributed by atoms with van der Waals surface area (Å²) < 4.78 is 28.4. The summed E-state index contributed by atoms with van der Waals surface area (Å²) in [5, 5.41) is 9.70. The summed E-state index contributed by atoms with van der Waals surface area (Å²) in [5.41, 5.74) is 1.67. The summed E-state index contributed by atoms with van der Waals surface area (Å²) in [7, 11) is -3.66. The van der Waals surface area contributed by atoms with Gasteiger partial charge in [0.25, 0.3) is 10.2 Å². The van der Waals surface area contributed by atoms with Gasteiger partial charge in [-0.2, -0.15) is 12.7 Å². The van der Waals surface area contributed by atoms with E-state index in [0.29, 0.717) is 37.3 Å². The number of aliphatic carboxylic acids is 1. The lowest BCUT2D eigenvalue weighted by Gasteiger charge is -2.29. The second-order valence-electron chi connectivity index (χ2n) is 6.38. The highest BCUT2D eigenvalue weighted by atomic mass is 35.5. The van der Waals surface area contributed by atoms with Gasteiger partial charge in [0.15, 0.2) is 0 Å².